The van der Waals surface area contributed by atoms with Gasteiger partial charge in [0.15, 0.2) is 0 Å². The van der Waals surface area contributed by atoms with E-state index < -0.39 is 35.1 Å². The Kier molecular flexibility index (Phi) is 7.29. The molecule has 0 saturated carbocycles. The lowest BCUT2D eigenvalue weighted by atomic mass is 9.88. The molecule has 144 valence electrons. The van der Waals surface area contributed by atoms with Crippen molar-refractivity contribution in [2.75, 3.05) is 0 Å². The molecule has 0 bridgehead atoms. The van der Waals surface area contributed by atoms with Gasteiger partial charge in [-0.2, -0.15) is 0 Å². The number of esters is 2. The average Bonchev–Trinajstić information content (AvgIpc) is 2.56. The zero-order valence-electron chi connectivity index (χ0n) is 15.2. The molecule has 0 aromatic heterocycles. The number of aliphatic carboxylic acids is 1. The molecule has 26 heavy (non-hydrogen) atoms. The Balaban J connectivity index is 2.64. The Morgan fingerprint density at radius 1 is 1.15 bits per heavy atom. The van der Waals surface area contributed by atoms with Crippen LogP contribution in [0.1, 0.15) is 39.2 Å². The Hall–Kier alpha value is -2.45. The van der Waals surface area contributed by atoms with Crippen LogP contribution in [0.15, 0.2) is 30.3 Å². The molecule has 0 amide bonds. The van der Waals surface area contributed by atoms with E-state index in [1.54, 1.807) is 32.9 Å². The van der Waals surface area contributed by atoms with Gasteiger partial charge in [-0.15, -0.1) is 0 Å². The van der Waals surface area contributed by atoms with Crippen LogP contribution in [0.3, 0.4) is 0 Å². The van der Waals surface area contributed by atoms with Gasteiger partial charge in [0.05, 0.1) is 0 Å². The van der Waals surface area contributed by atoms with Crippen molar-refractivity contribution in [1.29, 1.82) is 0 Å². The lowest BCUT2D eigenvalue weighted by molar-refractivity contribution is -0.170. The van der Waals surface area contributed by atoms with E-state index in [-0.39, 0.29) is 19.4 Å². The van der Waals surface area contributed by atoms with Gasteiger partial charge in [0.1, 0.15) is 12.2 Å². The van der Waals surface area contributed by atoms with E-state index in [1.165, 1.54) is 0 Å². The van der Waals surface area contributed by atoms with Gasteiger partial charge in [-0.05, 0) is 32.8 Å². The standard InChI is InChI=1S/C18H26N2O6/c1-17(2,3)26-16(24)18(20,15(22)23)13(19)9-10-14(21)25-11-12-7-5-4-6-8-12/h4-8,13H,9-11,19-20H2,1-3H3,(H,22,23). The van der Waals surface area contributed by atoms with Gasteiger partial charge in [-0.3, -0.25) is 4.79 Å². The van der Waals surface area contributed by atoms with Gasteiger partial charge >= 0.3 is 17.9 Å². The van der Waals surface area contributed by atoms with E-state index in [9.17, 15) is 19.5 Å². The summed E-state index contributed by atoms with van der Waals surface area (Å²) < 4.78 is 10.2. The van der Waals surface area contributed by atoms with Crippen LogP contribution in [0, 0.1) is 0 Å². The van der Waals surface area contributed by atoms with Crippen LogP contribution in [0.25, 0.3) is 0 Å². The molecule has 2 unspecified atom stereocenters. The van der Waals surface area contributed by atoms with Crippen molar-refractivity contribution >= 4 is 17.9 Å². The first-order valence-electron chi connectivity index (χ1n) is 8.17. The SMILES string of the molecule is CC(C)(C)OC(=O)C(N)(C(=O)O)C(N)CCC(=O)OCc1ccccc1. The third-order valence-electron chi connectivity index (χ3n) is 3.58. The summed E-state index contributed by atoms with van der Waals surface area (Å²) in [6.07, 6.45) is -0.321. The molecule has 2 atom stereocenters. The predicted molar refractivity (Wildman–Crippen MR) is 93.8 cm³/mol. The number of ether oxygens (including phenoxy) is 2. The number of carbonyl (C=O) groups is 3. The minimum atomic E-state index is -2.45. The normalized spacial score (nSPS) is 14.8. The summed E-state index contributed by atoms with van der Waals surface area (Å²) in [6.45, 7) is 4.84. The fourth-order valence-electron chi connectivity index (χ4n) is 2.07. The highest BCUT2D eigenvalue weighted by Crippen LogP contribution is 2.18. The molecule has 0 aliphatic carbocycles. The average molecular weight is 366 g/mol. The van der Waals surface area contributed by atoms with E-state index in [0.29, 0.717) is 0 Å². The molecule has 0 saturated heterocycles. The first-order valence-corrected chi connectivity index (χ1v) is 8.17. The second-order valence-corrected chi connectivity index (χ2v) is 6.97. The van der Waals surface area contributed by atoms with Crippen LogP contribution in [-0.4, -0.2) is 40.2 Å². The van der Waals surface area contributed by atoms with E-state index in [2.05, 4.69) is 0 Å². The molecule has 0 fully saturated rings. The van der Waals surface area contributed by atoms with Crippen molar-refractivity contribution in [1.82, 2.24) is 0 Å². The summed E-state index contributed by atoms with van der Waals surface area (Å²) in [6, 6.07) is 7.76. The van der Waals surface area contributed by atoms with Crippen molar-refractivity contribution in [3.63, 3.8) is 0 Å². The van der Waals surface area contributed by atoms with Crippen LogP contribution in [0.5, 0.6) is 0 Å². The summed E-state index contributed by atoms with van der Waals surface area (Å²) in [5.41, 5.74) is 8.99. The fourth-order valence-corrected chi connectivity index (χ4v) is 2.07. The van der Waals surface area contributed by atoms with E-state index in [1.807, 2.05) is 18.2 Å². The predicted octanol–water partition coefficient (Wildman–Crippen LogP) is 0.961. The molecule has 1 aromatic rings. The number of rotatable bonds is 8. The van der Waals surface area contributed by atoms with E-state index in [0.717, 1.165) is 5.56 Å². The zero-order chi connectivity index (χ0) is 20.0. The number of carboxylic acid groups (broad SMARTS) is 1. The fraction of sp³-hybridized carbons (Fsp3) is 0.500. The number of hydrogen-bond donors (Lipinski definition) is 3. The molecule has 0 aliphatic heterocycles. The molecule has 8 heteroatoms. The molecule has 0 heterocycles. The maximum Gasteiger partial charge on any atom is 0.340 e. The molecule has 1 rings (SSSR count). The molecule has 0 aliphatic rings. The molecular formula is C18H26N2O6. The zero-order valence-corrected chi connectivity index (χ0v) is 15.2. The first-order chi connectivity index (χ1) is 12.0. The second kappa shape index (κ2) is 8.77. The van der Waals surface area contributed by atoms with Gasteiger partial charge in [0, 0.05) is 12.5 Å². The number of benzene rings is 1. The van der Waals surface area contributed by atoms with Crippen molar-refractivity contribution in [2.24, 2.45) is 11.5 Å². The van der Waals surface area contributed by atoms with Gasteiger partial charge in [0.25, 0.3) is 0 Å². The van der Waals surface area contributed by atoms with Crippen molar-refractivity contribution in [3.05, 3.63) is 35.9 Å². The van der Waals surface area contributed by atoms with Crippen molar-refractivity contribution < 1.29 is 29.0 Å². The second-order valence-electron chi connectivity index (χ2n) is 6.97. The lowest BCUT2D eigenvalue weighted by Gasteiger charge is -2.32. The van der Waals surface area contributed by atoms with Crippen LogP contribution in [0.4, 0.5) is 0 Å². The summed E-state index contributed by atoms with van der Waals surface area (Å²) in [7, 11) is 0. The van der Waals surface area contributed by atoms with Crippen LogP contribution >= 0.6 is 0 Å². The largest absolute Gasteiger partial charge is 0.479 e. The highest BCUT2D eigenvalue weighted by molar-refractivity contribution is 6.05. The summed E-state index contributed by atoms with van der Waals surface area (Å²) in [5.74, 6) is -3.33. The summed E-state index contributed by atoms with van der Waals surface area (Å²) in [5, 5.41) is 9.37. The highest BCUT2D eigenvalue weighted by atomic mass is 16.6. The Labute approximate surface area is 152 Å². The van der Waals surface area contributed by atoms with Gasteiger partial charge in [-0.1, -0.05) is 30.3 Å². The molecule has 5 N–H and O–H groups in total. The highest BCUT2D eigenvalue weighted by Gasteiger charge is 2.50. The maximum absolute atomic E-state index is 12.2. The van der Waals surface area contributed by atoms with E-state index >= 15 is 0 Å². The van der Waals surface area contributed by atoms with Crippen LogP contribution in [-0.2, 0) is 30.5 Å². The summed E-state index contributed by atoms with van der Waals surface area (Å²) >= 11 is 0. The smallest absolute Gasteiger partial charge is 0.340 e. The lowest BCUT2D eigenvalue weighted by Crippen LogP contribution is -2.67. The van der Waals surface area contributed by atoms with Gasteiger partial charge in [0.2, 0.25) is 5.54 Å². The quantitative estimate of drug-likeness (QED) is 0.456. The minimum Gasteiger partial charge on any atom is -0.479 e. The van der Waals surface area contributed by atoms with Crippen LogP contribution in [0.2, 0.25) is 0 Å². The molecule has 8 nitrogen and oxygen atoms in total. The number of carbonyl (C=O) groups excluding carboxylic acids is 2. The molecule has 0 spiro atoms. The third kappa shape index (κ3) is 6.12. The molecule has 1 aromatic carbocycles. The Morgan fingerprint density at radius 3 is 2.23 bits per heavy atom. The third-order valence-corrected chi connectivity index (χ3v) is 3.58. The van der Waals surface area contributed by atoms with Crippen LogP contribution < -0.4 is 11.5 Å². The molecule has 0 radical (unpaired) electrons. The number of carboxylic acids is 1. The topological polar surface area (TPSA) is 142 Å². The first kappa shape index (κ1) is 21.6. The Bertz CT molecular complexity index is 641. The Morgan fingerprint density at radius 2 is 1.73 bits per heavy atom. The number of nitrogens with two attached hydrogens (primary N) is 2. The van der Waals surface area contributed by atoms with Gasteiger partial charge in [-0.25, -0.2) is 9.59 Å². The van der Waals surface area contributed by atoms with Crippen molar-refractivity contribution in [3.8, 4) is 0 Å². The van der Waals surface area contributed by atoms with Crippen molar-refractivity contribution in [2.45, 2.75) is 57.4 Å². The monoisotopic (exact) mass is 366 g/mol. The minimum absolute atomic E-state index is 0.0909. The van der Waals surface area contributed by atoms with Gasteiger partial charge < -0.3 is 26.0 Å². The number of hydrogen-bond acceptors (Lipinski definition) is 7. The summed E-state index contributed by atoms with van der Waals surface area (Å²) in [4.78, 5) is 35.6. The molecular weight excluding hydrogens is 340 g/mol. The maximum atomic E-state index is 12.2. The van der Waals surface area contributed by atoms with E-state index in [4.69, 9.17) is 20.9 Å².